The van der Waals surface area contributed by atoms with Crippen LogP contribution in [0.1, 0.15) is 24.5 Å². The van der Waals surface area contributed by atoms with Gasteiger partial charge in [0.2, 0.25) is 5.91 Å². The van der Waals surface area contributed by atoms with Gasteiger partial charge in [0.05, 0.1) is 0 Å². The second kappa shape index (κ2) is 12.8. The van der Waals surface area contributed by atoms with Crippen LogP contribution in [0.3, 0.4) is 0 Å². The summed E-state index contributed by atoms with van der Waals surface area (Å²) in [6, 6.07) is 21.7. The number of nitrogens with one attached hydrogen (secondary N) is 1. The van der Waals surface area contributed by atoms with Gasteiger partial charge in [-0.25, -0.2) is 4.39 Å². The molecule has 0 saturated heterocycles. The van der Waals surface area contributed by atoms with Crippen LogP contribution in [-0.2, 0) is 22.6 Å². The molecule has 1 unspecified atom stereocenters. The molecule has 3 rings (SSSR count). The van der Waals surface area contributed by atoms with Crippen LogP contribution in [-0.4, -0.2) is 35.9 Å². The summed E-state index contributed by atoms with van der Waals surface area (Å²) in [4.78, 5) is 28.1. The molecule has 0 aliphatic heterocycles. The molecule has 3 aromatic rings. The zero-order valence-corrected chi connectivity index (χ0v) is 19.8. The van der Waals surface area contributed by atoms with Crippen molar-refractivity contribution in [3.8, 4) is 5.75 Å². The van der Waals surface area contributed by atoms with E-state index in [9.17, 15) is 14.0 Å². The maximum absolute atomic E-state index is 14.0. The Bertz CT molecular complexity index is 1080. The average Bonchev–Trinajstić information content (AvgIpc) is 2.85. The average molecular weight is 483 g/mol. The number of ether oxygens (including phenoxy) is 1. The number of amides is 2. The van der Waals surface area contributed by atoms with Crippen LogP contribution in [0.5, 0.6) is 5.75 Å². The Morgan fingerprint density at radius 3 is 2.32 bits per heavy atom. The third-order valence-electron chi connectivity index (χ3n) is 5.27. The second-order valence-electron chi connectivity index (χ2n) is 7.86. The number of nitrogens with zero attached hydrogens (tertiary/aromatic N) is 1. The van der Waals surface area contributed by atoms with Crippen LogP contribution in [0.25, 0.3) is 0 Å². The highest BCUT2D eigenvalue weighted by Gasteiger charge is 2.30. The normalized spacial score (nSPS) is 11.5. The van der Waals surface area contributed by atoms with E-state index in [-0.39, 0.29) is 18.2 Å². The van der Waals surface area contributed by atoms with Crippen molar-refractivity contribution in [1.29, 1.82) is 0 Å². The van der Waals surface area contributed by atoms with Crippen molar-refractivity contribution in [2.75, 3.05) is 13.2 Å². The van der Waals surface area contributed by atoms with E-state index in [4.69, 9.17) is 16.3 Å². The summed E-state index contributed by atoms with van der Waals surface area (Å²) in [7, 11) is 0. The van der Waals surface area contributed by atoms with Gasteiger partial charge in [-0.1, -0.05) is 73.1 Å². The van der Waals surface area contributed by atoms with Crippen LogP contribution in [0.2, 0.25) is 5.02 Å². The Kier molecular flexibility index (Phi) is 9.47. The van der Waals surface area contributed by atoms with E-state index < -0.39 is 24.4 Å². The Hall–Kier alpha value is -3.38. The number of halogens is 2. The first-order valence-corrected chi connectivity index (χ1v) is 11.6. The summed E-state index contributed by atoms with van der Waals surface area (Å²) < 4.78 is 19.5. The fourth-order valence-corrected chi connectivity index (χ4v) is 3.62. The van der Waals surface area contributed by atoms with Gasteiger partial charge in [-0.2, -0.15) is 0 Å². The smallest absolute Gasteiger partial charge is 0.261 e. The van der Waals surface area contributed by atoms with Crippen molar-refractivity contribution in [3.63, 3.8) is 0 Å². The Balaban J connectivity index is 1.89. The quantitative estimate of drug-likeness (QED) is 0.417. The van der Waals surface area contributed by atoms with E-state index in [1.54, 1.807) is 24.3 Å². The molecule has 1 atom stereocenters. The molecule has 7 heteroatoms. The van der Waals surface area contributed by atoms with Gasteiger partial charge < -0.3 is 15.0 Å². The maximum Gasteiger partial charge on any atom is 0.261 e. The lowest BCUT2D eigenvalue weighted by molar-refractivity contribution is -0.142. The van der Waals surface area contributed by atoms with Crippen LogP contribution in [0, 0.1) is 5.82 Å². The third kappa shape index (κ3) is 7.32. The van der Waals surface area contributed by atoms with Gasteiger partial charge >= 0.3 is 0 Å². The summed E-state index contributed by atoms with van der Waals surface area (Å²) in [5.74, 6) is -1.25. The van der Waals surface area contributed by atoms with E-state index in [1.807, 2.05) is 49.4 Å². The van der Waals surface area contributed by atoms with Crippen molar-refractivity contribution in [2.45, 2.75) is 32.4 Å². The maximum atomic E-state index is 14.0. The molecule has 0 aliphatic carbocycles. The number of hydrogen-bond acceptors (Lipinski definition) is 3. The summed E-state index contributed by atoms with van der Waals surface area (Å²) in [5.41, 5.74) is 1.73. The lowest BCUT2D eigenvalue weighted by Gasteiger charge is -2.31. The van der Waals surface area contributed by atoms with Crippen LogP contribution >= 0.6 is 11.6 Å². The molecule has 0 bridgehead atoms. The van der Waals surface area contributed by atoms with E-state index in [0.717, 1.165) is 17.5 Å². The molecule has 0 heterocycles. The number of rotatable bonds is 11. The zero-order chi connectivity index (χ0) is 24.3. The van der Waals surface area contributed by atoms with Gasteiger partial charge in [-0.05, 0) is 41.8 Å². The number of benzene rings is 3. The molecule has 0 aliphatic rings. The number of para-hydroxylation sites is 1. The van der Waals surface area contributed by atoms with Crippen LogP contribution in [0.4, 0.5) is 4.39 Å². The Morgan fingerprint density at radius 2 is 1.65 bits per heavy atom. The van der Waals surface area contributed by atoms with E-state index >= 15 is 0 Å². The first-order valence-electron chi connectivity index (χ1n) is 11.2. The Labute approximate surface area is 204 Å². The molecule has 0 saturated carbocycles. The topological polar surface area (TPSA) is 58.6 Å². The molecule has 2 amide bonds. The molecule has 0 aromatic heterocycles. The summed E-state index contributed by atoms with van der Waals surface area (Å²) in [6.45, 7) is 2.23. The van der Waals surface area contributed by atoms with Gasteiger partial charge in [0.1, 0.15) is 6.04 Å². The molecule has 0 fully saturated rings. The lowest BCUT2D eigenvalue weighted by Crippen LogP contribution is -2.51. The largest absolute Gasteiger partial charge is 0.481 e. The van der Waals surface area contributed by atoms with Gasteiger partial charge in [-0.15, -0.1) is 0 Å². The monoisotopic (exact) mass is 482 g/mol. The summed E-state index contributed by atoms with van der Waals surface area (Å²) in [6.07, 6.45) is 1.10. The fourth-order valence-electron chi connectivity index (χ4n) is 3.49. The van der Waals surface area contributed by atoms with Crippen LogP contribution in [0.15, 0.2) is 78.9 Å². The van der Waals surface area contributed by atoms with Crippen LogP contribution < -0.4 is 10.1 Å². The minimum absolute atomic E-state index is 0.0164. The van der Waals surface area contributed by atoms with E-state index in [2.05, 4.69) is 5.32 Å². The van der Waals surface area contributed by atoms with Crippen molar-refractivity contribution >= 4 is 23.4 Å². The number of hydrogen-bond donors (Lipinski definition) is 1. The molecule has 1 N–H and O–H groups in total. The first-order chi connectivity index (χ1) is 16.5. The summed E-state index contributed by atoms with van der Waals surface area (Å²) >= 11 is 6.02. The molecule has 34 heavy (non-hydrogen) atoms. The van der Waals surface area contributed by atoms with Gasteiger partial charge in [0.15, 0.2) is 18.2 Å². The molecule has 0 spiro atoms. The van der Waals surface area contributed by atoms with Crippen molar-refractivity contribution in [1.82, 2.24) is 10.2 Å². The van der Waals surface area contributed by atoms with Gasteiger partial charge in [0, 0.05) is 24.5 Å². The van der Waals surface area contributed by atoms with Gasteiger partial charge in [0.25, 0.3) is 5.91 Å². The van der Waals surface area contributed by atoms with Crippen molar-refractivity contribution < 1.29 is 18.7 Å². The minimum Gasteiger partial charge on any atom is -0.481 e. The molecule has 178 valence electrons. The predicted molar refractivity (Wildman–Crippen MR) is 131 cm³/mol. The SMILES string of the molecule is CCCNC(=O)C(Cc1ccccc1)N(Cc1ccc(Cl)cc1)C(=O)COc1ccccc1F. The van der Waals surface area contributed by atoms with Crippen molar-refractivity contribution in [3.05, 3.63) is 101 Å². The lowest BCUT2D eigenvalue weighted by atomic mass is 10.0. The molecular weight excluding hydrogens is 455 g/mol. The molecule has 3 aromatic carbocycles. The summed E-state index contributed by atoms with van der Waals surface area (Å²) in [5, 5.41) is 3.49. The fraction of sp³-hybridized carbons (Fsp3) is 0.259. The standard InChI is InChI=1S/C27H28ClFN2O3/c1-2-16-30-27(33)24(17-20-8-4-3-5-9-20)31(18-21-12-14-22(28)15-13-21)26(32)19-34-25-11-7-6-10-23(25)29/h3-15,24H,2,16-19H2,1H3,(H,30,33). The molecule has 0 radical (unpaired) electrons. The van der Waals surface area contributed by atoms with Crippen molar-refractivity contribution in [2.24, 2.45) is 0 Å². The highest BCUT2D eigenvalue weighted by atomic mass is 35.5. The molecule has 5 nitrogen and oxygen atoms in total. The number of carbonyl (C=O) groups is 2. The zero-order valence-electron chi connectivity index (χ0n) is 19.0. The number of carbonyl (C=O) groups excluding carboxylic acids is 2. The molecular formula is C27H28ClFN2O3. The third-order valence-corrected chi connectivity index (χ3v) is 5.53. The highest BCUT2D eigenvalue weighted by molar-refractivity contribution is 6.30. The second-order valence-corrected chi connectivity index (χ2v) is 8.30. The van der Waals surface area contributed by atoms with Gasteiger partial charge in [-0.3, -0.25) is 9.59 Å². The first kappa shape index (κ1) is 25.2. The van der Waals surface area contributed by atoms with E-state index in [1.165, 1.54) is 17.0 Å². The predicted octanol–water partition coefficient (Wildman–Crippen LogP) is 5.02. The highest BCUT2D eigenvalue weighted by Crippen LogP contribution is 2.19. The minimum atomic E-state index is -0.777. The van der Waals surface area contributed by atoms with E-state index in [0.29, 0.717) is 18.0 Å². The Morgan fingerprint density at radius 1 is 0.971 bits per heavy atom.